The van der Waals surface area contributed by atoms with Gasteiger partial charge in [0.2, 0.25) is 0 Å². The molecule has 0 aliphatic heterocycles. The van der Waals surface area contributed by atoms with Crippen molar-refractivity contribution in [1.82, 2.24) is 0 Å². The van der Waals surface area contributed by atoms with Gasteiger partial charge in [-0.15, -0.1) is 0 Å². The van der Waals surface area contributed by atoms with Gasteiger partial charge in [-0.25, -0.2) is 0 Å². The molecule has 1 aromatic rings. The number of aliphatic carboxylic acids is 1. The van der Waals surface area contributed by atoms with Gasteiger partial charge in [0, 0.05) is 22.9 Å². The third-order valence-electron chi connectivity index (χ3n) is 2.07. The molecule has 0 unspecified atom stereocenters. The number of alkyl halides is 1. The quantitative estimate of drug-likeness (QED) is 0.686. The molecule has 17 heavy (non-hydrogen) atoms. The van der Waals surface area contributed by atoms with Crippen LogP contribution >= 0.6 is 15.9 Å². The maximum absolute atomic E-state index is 10.7. The van der Waals surface area contributed by atoms with Crippen LogP contribution in [0.1, 0.15) is 17.5 Å². The van der Waals surface area contributed by atoms with Crippen LogP contribution in [0.3, 0.4) is 0 Å². The van der Waals surface area contributed by atoms with E-state index in [0.29, 0.717) is 11.3 Å². The van der Waals surface area contributed by atoms with Gasteiger partial charge in [-0.05, 0) is 18.2 Å². The molecule has 4 heteroatoms. The monoisotopic (exact) mass is 296 g/mol. The Morgan fingerprint density at radius 3 is 2.88 bits per heavy atom. The highest BCUT2D eigenvalue weighted by Gasteiger charge is 2.07. The van der Waals surface area contributed by atoms with Crippen molar-refractivity contribution in [2.75, 3.05) is 12.4 Å². The van der Waals surface area contributed by atoms with Gasteiger partial charge in [0.05, 0.1) is 13.5 Å². The van der Waals surface area contributed by atoms with E-state index in [-0.39, 0.29) is 6.42 Å². The molecule has 0 aromatic heterocycles. The zero-order chi connectivity index (χ0) is 12.7. The second-order valence-electron chi connectivity index (χ2n) is 3.34. The first-order valence-electron chi connectivity index (χ1n) is 5.11. The minimum atomic E-state index is -0.881. The van der Waals surface area contributed by atoms with Crippen LogP contribution < -0.4 is 4.74 Å². The molecular formula is C13H13BrO3. The molecule has 0 bridgehead atoms. The second-order valence-corrected chi connectivity index (χ2v) is 4.13. The first kappa shape index (κ1) is 13.6. The Kier molecular flexibility index (Phi) is 5.58. The van der Waals surface area contributed by atoms with E-state index in [1.165, 1.54) is 7.11 Å². The molecule has 0 spiro atoms. The van der Waals surface area contributed by atoms with E-state index in [9.17, 15) is 4.79 Å². The summed E-state index contributed by atoms with van der Waals surface area (Å²) in [5.74, 6) is 5.67. The molecule has 0 amide bonds. The molecule has 1 aromatic carbocycles. The van der Waals surface area contributed by atoms with Gasteiger partial charge in [-0.1, -0.05) is 27.8 Å². The zero-order valence-electron chi connectivity index (χ0n) is 9.50. The highest BCUT2D eigenvalue weighted by molar-refractivity contribution is 9.09. The average molecular weight is 297 g/mol. The molecule has 1 rings (SSSR count). The number of rotatable bonds is 4. The molecule has 0 saturated carbocycles. The molecule has 90 valence electrons. The topological polar surface area (TPSA) is 46.5 Å². The third-order valence-corrected chi connectivity index (χ3v) is 2.47. The summed E-state index contributed by atoms with van der Waals surface area (Å²) in [6.07, 6.45) is 0.706. The van der Waals surface area contributed by atoms with Crippen molar-refractivity contribution >= 4 is 21.9 Å². The number of carboxylic acids is 1. The number of methoxy groups -OCH3 is 1. The van der Waals surface area contributed by atoms with Crippen LogP contribution in [0.4, 0.5) is 0 Å². The summed E-state index contributed by atoms with van der Waals surface area (Å²) in [4.78, 5) is 10.7. The van der Waals surface area contributed by atoms with Gasteiger partial charge in [-0.3, -0.25) is 4.79 Å². The highest BCUT2D eigenvalue weighted by Crippen LogP contribution is 2.20. The lowest BCUT2D eigenvalue weighted by Crippen LogP contribution is -2.02. The molecular weight excluding hydrogens is 284 g/mol. The Bertz CT molecular complexity index is 457. The SMILES string of the molecule is COc1ccc(C#CCCBr)cc1CC(=O)O. The predicted octanol–water partition coefficient (Wildman–Crippen LogP) is 2.46. The summed E-state index contributed by atoms with van der Waals surface area (Å²) < 4.78 is 5.11. The Hall–Kier alpha value is -1.47. The maximum atomic E-state index is 10.7. The number of halogens is 1. The summed E-state index contributed by atoms with van der Waals surface area (Å²) in [5.41, 5.74) is 1.45. The van der Waals surface area contributed by atoms with Crippen LogP contribution in [0.25, 0.3) is 0 Å². The van der Waals surface area contributed by atoms with E-state index >= 15 is 0 Å². The van der Waals surface area contributed by atoms with Crippen LogP contribution in [-0.4, -0.2) is 23.5 Å². The first-order valence-corrected chi connectivity index (χ1v) is 6.23. The highest BCUT2D eigenvalue weighted by atomic mass is 79.9. The number of ether oxygens (including phenoxy) is 1. The average Bonchev–Trinajstić information content (AvgIpc) is 2.29. The second kappa shape index (κ2) is 6.97. The number of hydrogen-bond acceptors (Lipinski definition) is 2. The smallest absolute Gasteiger partial charge is 0.307 e. The summed E-state index contributed by atoms with van der Waals surface area (Å²) in [7, 11) is 1.52. The van der Waals surface area contributed by atoms with Crippen molar-refractivity contribution in [2.24, 2.45) is 0 Å². The Labute approximate surface area is 109 Å². The van der Waals surface area contributed by atoms with Gasteiger partial charge in [0.25, 0.3) is 0 Å². The molecule has 3 nitrogen and oxygen atoms in total. The fourth-order valence-corrected chi connectivity index (χ4v) is 1.57. The van der Waals surface area contributed by atoms with Gasteiger partial charge < -0.3 is 9.84 Å². The van der Waals surface area contributed by atoms with E-state index in [1.807, 2.05) is 6.07 Å². The van der Waals surface area contributed by atoms with Crippen LogP contribution in [0.5, 0.6) is 5.75 Å². The Balaban J connectivity index is 2.97. The first-order chi connectivity index (χ1) is 8.17. The lowest BCUT2D eigenvalue weighted by atomic mass is 10.1. The van der Waals surface area contributed by atoms with Crippen molar-refractivity contribution in [1.29, 1.82) is 0 Å². The van der Waals surface area contributed by atoms with E-state index in [2.05, 4.69) is 27.8 Å². The molecule has 0 heterocycles. The number of benzene rings is 1. The fraction of sp³-hybridized carbons (Fsp3) is 0.308. The minimum Gasteiger partial charge on any atom is -0.496 e. The van der Waals surface area contributed by atoms with Gasteiger partial charge >= 0.3 is 5.97 Å². The normalized spacial score (nSPS) is 9.29. The number of carbonyl (C=O) groups is 1. The zero-order valence-corrected chi connectivity index (χ0v) is 11.1. The lowest BCUT2D eigenvalue weighted by molar-refractivity contribution is -0.136. The molecule has 0 fully saturated rings. The van der Waals surface area contributed by atoms with Crippen molar-refractivity contribution < 1.29 is 14.6 Å². The lowest BCUT2D eigenvalue weighted by Gasteiger charge is -2.06. The molecule has 0 saturated heterocycles. The largest absolute Gasteiger partial charge is 0.496 e. The van der Waals surface area contributed by atoms with E-state index in [4.69, 9.17) is 9.84 Å². The van der Waals surface area contributed by atoms with Crippen molar-refractivity contribution in [3.05, 3.63) is 29.3 Å². The maximum Gasteiger partial charge on any atom is 0.307 e. The number of carboxylic acid groups (broad SMARTS) is 1. The van der Waals surface area contributed by atoms with Gasteiger partial charge in [0.15, 0.2) is 0 Å². The van der Waals surface area contributed by atoms with E-state index in [0.717, 1.165) is 17.3 Å². The van der Waals surface area contributed by atoms with Crippen LogP contribution in [0, 0.1) is 11.8 Å². The number of hydrogen-bond donors (Lipinski definition) is 1. The predicted molar refractivity (Wildman–Crippen MR) is 69.6 cm³/mol. The van der Waals surface area contributed by atoms with Crippen LogP contribution in [-0.2, 0) is 11.2 Å². The summed E-state index contributed by atoms with van der Waals surface area (Å²) in [6, 6.07) is 5.33. The molecule has 0 aliphatic carbocycles. The fourth-order valence-electron chi connectivity index (χ4n) is 1.37. The summed E-state index contributed by atoms with van der Waals surface area (Å²) in [6.45, 7) is 0. The molecule has 0 atom stereocenters. The summed E-state index contributed by atoms with van der Waals surface area (Å²) >= 11 is 3.29. The minimum absolute atomic E-state index is 0.0584. The van der Waals surface area contributed by atoms with Crippen molar-refractivity contribution in [3.63, 3.8) is 0 Å². The van der Waals surface area contributed by atoms with Crippen molar-refractivity contribution in [3.8, 4) is 17.6 Å². The molecule has 0 aliphatic rings. The Morgan fingerprint density at radius 1 is 1.53 bits per heavy atom. The summed E-state index contributed by atoms with van der Waals surface area (Å²) in [5, 5.41) is 9.63. The third kappa shape index (κ3) is 4.49. The Morgan fingerprint density at radius 2 is 2.29 bits per heavy atom. The molecule has 0 radical (unpaired) electrons. The van der Waals surface area contributed by atoms with Gasteiger partial charge in [0.1, 0.15) is 5.75 Å². The standard InChI is InChI=1S/C13H13BrO3/c1-17-12-6-5-10(4-2-3-7-14)8-11(12)9-13(15)16/h5-6,8H,3,7,9H2,1H3,(H,15,16). The van der Waals surface area contributed by atoms with Crippen LogP contribution in [0.15, 0.2) is 18.2 Å². The van der Waals surface area contributed by atoms with Gasteiger partial charge in [-0.2, -0.15) is 0 Å². The van der Waals surface area contributed by atoms with E-state index in [1.54, 1.807) is 12.1 Å². The van der Waals surface area contributed by atoms with E-state index < -0.39 is 5.97 Å². The van der Waals surface area contributed by atoms with Crippen molar-refractivity contribution in [2.45, 2.75) is 12.8 Å². The molecule has 1 N–H and O–H groups in total. The van der Waals surface area contributed by atoms with Crippen LogP contribution in [0.2, 0.25) is 0 Å².